The van der Waals surface area contributed by atoms with Crippen LogP contribution in [-0.4, -0.2) is 136 Å². The van der Waals surface area contributed by atoms with Crippen LogP contribution in [0.25, 0.3) is 0 Å². The van der Waals surface area contributed by atoms with E-state index in [9.17, 15) is 14.4 Å². The van der Waals surface area contributed by atoms with E-state index in [1.54, 1.807) is 18.2 Å². The molecule has 61 heavy (non-hydrogen) atoms. The van der Waals surface area contributed by atoms with E-state index in [2.05, 4.69) is 47.9 Å². The second-order valence-corrected chi connectivity index (χ2v) is 15.8. The van der Waals surface area contributed by atoms with Crippen molar-refractivity contribution < 1.29 is 14.4 Å². The molecule has 0 unspecified atom stereocenters. The van der Waals surface area contributed by atoms with Crippen molar-refractivity contribution in [2.75, 3.05) is 118 Å². The first-order valence-electron chi connectivity index (χ1n) is 23.9. The highest BCUT2D eigenvalue weighted by Gasteiger charge is 2.16. The van der Waals surface area contributed by atoms with E-state index in [1.165, 1.54) is 0 Å². The largest absolute Gasteiger partial charge is 0.352 e. The molecule has 0 bridgehead atoms. The first-order chi connectivity index (χ1) is 29.5. The SMILES string of the molecule is Cl.NCCCCNCCCCNCCCCNC(=O)c1cc(C(=O)NCCCCNCCCCNCCCCN)cc(C(=O)NCCCCNCCCCNCCCCN)c1. The molecule has 1 aromatic rings. The summed E-state index contributed by atoms with van der Waals surface area (Å²) in [5.41, 5.74) is 17.6. The van der Waals surface area contributed by atoms with E-state index >= 15 is 0 Å². The molecule has 0 saturated heterocycles. The van der Waals surface area contributed by atoms with E-state index in [4.69, 9.17) is 17.2 Å². The summed E-state index contributed by atoms with van der Waals surface area (Å²) < 4.78 is 0. The van der Waals surface area contributed by atoms with E-state index in [0.717, 1.165) is 214 Å². The van der Waals surface area contributed by atoms with E-state index in [0.29, 0.717) is 36.3 Å². The first-order valence-corrected chi connectivity index (χ1v) is 23.9. The first kappa shape index (κ1) is 58.6. The van der Waals surface area contributed by atoms with Crippen molar-refractivity contribution in [3.8, 4) is 0 Å². The van der Waals surface area contributed by atoms with Crippen LogP contribution in [0.3, 0.4) is 0 Å². The fourth-order valence-corrected chi connectivity index (χ4v) is 6.49. The summed E-state index contributed by atoms with van der Waals surface area (Å²) in [7, 11) is 0. The molecule has 0 aliphatic carbocycles. The number of rotatable bonds is 45. The second-order valence-electron chi connectivity index (χ2n) is 15.8. The molecule has 3 amide bonds. The summed E-state index contributed by atoms with van der Waals surface area (Å²) >= 11 is 0. The van der Waals surface area contributed by atoms with Crippen LogP contribution < -0.4 is 65.1 Å². The number of nitrogens with two attached hydrogens (primary N) is 3. The van der Waals surface area contributed by atoms with E-state index in [-0.39, 0.29) is 30.1 Å². The van der Waals surface area contributed by atoms with Gasteiger partial charge in [-0.2, -0.15) is 0 Å². The van der Waals surface area contributed by atoms with Crippen LogP contribution in [0.15, 0.2) is 18.2 Å². The number of carbonyl (C=O) groups excluding carboxylic acids is 3. The van der Waals surface area contributed by atoms with Gasteiger partial charge in [-0.05, 0) is 232 Å². The van der Waals surface area contributed by atoms with Gasteiger partial charge in [0.15, 0.2) is 0 Å². The molecule has 0 fully saturated rings. The van der Waals surface area contributed by atoms with Gasteiger partial charge in [-0.3, -0.25) is 14.4 Å². The zero-order valence-corrected chi connectivity index (χ0v) is 38.9. The summed E-state index contributed by atoms with van der Waals surface area (Å²) in [5.74, 6) is -0.854. The Balaban J connectivity index is 0.0000360. The summed E-state index contributed by atoms with van der Waals surface area (Å²) in [5, 5.41) is 29.8. The van der Waals surface area contributed by atoms with Crippen LogP contribution in [0.4, 0.5) is 0 Å². The number of unbranched alkanes of at least 4 members (excludes halogenated alkanes) is 9. The Bertz CT molecular complexity index is 1020. The van der Waals surface area contributed by atoms with Gasteiger partial charge in [0.05, 0.1) is 0 Å². The molecule has 0 aliphatic rings. The number of benzene rings is 1. The molecule has 0 saturated carbocycles. The molecule has 1 rings (SSSR count). The van der Waals surface area contributed by atoms with Crippen molar-refractivity contribution in [1.29, 1.82) is 0 Å². The Morgan fingerprint density at radius 1 is 0.295 bits per heavy atom. The maximum atomic E-state index is 13.3. The molecule has 0 heterocycles. The average Bonchev–Trinajstić information content (AvgIpc) is 3.26. The number of hydrogen-bond donors (Lipinski definition) is 12. The number of hydrogen-bond acceptors (Lipinski definition) is 12. The quantitative estimate of drug-likeness (QED) is 0.0424. The van der Waals surface area contributed by atoms with Crippen molar-refractivity contribution in [1.82, 2.24) is 47.9 Å². The lowest BCUT2D eigenvalue weighted by Gasteiger charge is -2.12. The Hall–Kier alpha value is -2.44. The van der Waals surface area contributed by atoms with Gasteiger partial charge in [-0.15, -0.1) is 12.4 Å². The standard InChI is InChI=1S/C45H90N12O3.ClH/c46-19-1-4-22-49-25-7-10-28-52-31-13-16-34-55-43(58)40-37-41(44(59)56-35-17-14-32-53-29-11-8-26-50-23-5-2-20-47)39-42(38-40)45(60)57-36-18-15-33-54-30-12-9-27-51-24-6-3-21-48;/h37-39,49-54H,1-36,46-48H2,(H,55,58)(H,56,59)(H,57,60);1H. The van der Waals surface area contributed by atoms with Crippen LogP contribution >= 0.6 is 12.4 Å². The predicted octanol–water partition coefficient (Wildman–Crippen LogP) is 2.73. The third-order valence-electron chi connectivity index (χ3n) is 10.2. The summed E-state index contributed by atoms with van der Waals surface area (Å²) in [6.07, 6.45) is 18.7. The molecule has 15 N–H and O–H groups in total. The van der Waals surface area contributed by atoms with Crippen LogP contribution in [0.5, 0.6) is 0 Å². The van der Waals surface area contributed by atoms with Crippen molar-refractivity contribution in [2.24, 2.45) is 17.2 Å². The molecule has 356 valence electrons. The predicted molar refractivity (Wildman–Crippen MR) is 258 cm³/mol. The topological polar surface area (TPSA) is 238 Å². The Labute approximate surface area is 376 Å². The molecule has 1 aromatic carbocycles. The molecule has 15 nitrogen and oxygen atoms in total. The summed E-state index contributed by atoms with van der Waals surface area (Å²) in [4.78, 5) is 39.8. The smallest absolute Gasteiger partial charge is 0.251 e. The molecule has 0 radical (unpaired) electrons. The fourth-order valence-electron chi connectivity index (χ4n) is 6.49. The van der Waals surface area contributed by atoms with Gasteiger partial charge in [0.25, 0.3) is 17.7 Å². The van der Waals surface area contributed by atoms with E-state index in [1.807, 2.05) is 0 Å². The van der Waals surface area contributed by atoms with Crippen LogP contribution in [0.2, 0.25) is 0 Å². The third kappa shape index (κ3) is 36.7. The maximum Gasteiger partial charge on any atom is 0.251 e. The van der Waals surface area contributed by atoms with Crippen molar-refractivity contribution >= 4 is 30.1 Å². The Morgan fingerprint density at radius 2 is 0.459 bits per heavy atom. The highest BCUT2D eigenvalue weighted by molar-refractivity contribution is 6.04. The zero-order chi connectivity index (χ0) is 43.4. The molecule has 16 heteroatoms. The molecular formula is C45H91ClN12O3. The van der Waals surface area contributed by atoms with Gasteiger partial charge in [0.1, 0.15) is 0 Å². The van der Waals surface area contributed by atoms with Gasteiger partial charge >= 0.3 is 0 Å². The van der Waals surface area contributed by atoms with Crippen molar-refractivity contribution in [2.45, 2.75) is 116 Å². The highest BCUT2D eigenvalue weighted by Crippen LogP contribution is 2.12. The second kappa shape index (κ2) is 45.6. The van der Waals surface area contributed by atoms with Crippen LogP contribution in [0.1, 0.15) is 147 Å². The summed E-state index contributed by atoms with van der Waals surface area (Å²) in [6.45, 7) is 15.7. The number of halogens is 1. The summed E-state index contributed by atoms with van der Waals surface area (Å²) in [6, 6.07) is 4.77. The van der Waals surface area contributed by atoms with Crippen molar-refractivity contribution in [3.63, 3.8) is 0 Å². The van der Waals surface area contributed by atoms with Gasteiger partial charge < -0.3 is 65.1 Å². The monoisotopic (exact) mass is 883 g/mol. The molecular weight excluding hydrogens is 792 g/mol. The minimum absolute atomic E-state index is 0. The van der Waals surface area contributed by atoms with Gasteiger partial charge in [-0.25, -0.2) is 0 Å². The molecule has 0 spiro atoms. The highest BCUT2D eigenvalue weighted by atomic mass is 35.5. The fraction of sp³-hybridized carbons (Fsp3) is 0.800. The number of nitrogens with one attached hydrogen (secondary N) is 9. The Morgan fingerprint density at radius 3 is 0.639 bits per heavy atom. The Kier molecular flexibility index (Phi) is 43.8. The van der Waals surface area contributed by atoms with E-state index < -0.39 is 0 Å². The maximum absolute atomic E-state index is 13.3. The van der Waals surface area contributed by atoms with Gasteiger partial charge in [0, 0.05) is 36.3 Å². The van der Waals surface area contributed by atoms with Crippen LogP contribution in [-0.2, 0) is 0 Å². The lowest BCUT2D eigenvalue weighted by molar-refractivity contribution is 0.0952. The van der Waals surface area contributed by atoms with Crippen LogP contribution in [0, 0.1) is 0 Å². The minimum Gasteiger partial charge on any atom is -0.352 e. The number of amides is 3. The molecule has 0 aliphatic heterocycles. The normalized spacial score (nSPS) is 11.1. The molecule has 0 atom stereocenters. The lowest BCUT2D eigenvalue weighted by Crippen LogP contribution is -2.30. The van der Waals surface area contributed by atoms with Crippen molar-refractivity contribution in [3.05, 3.63) is 34.9 Å². The molecule has 0 aromatic heterocycles. The zero-order valence-electron chi connectivity index (χ0n) is 38.1. The lowest BCUT2D eigenvalue weighted by atomic mass is 10.0. The average molecular weight is 884 g/mol. The number of carbonyl (C=O) groups is 3. The minimum atomic E-state index is -0.285. The third-order valence-corrected chi connectivity index (χ3v) is 10.2. The van der Waals surface area contributed by atoms with Gasteiger partial charge in [-0.1, -0.05) is 0 Å². The van der Waals surface area contributed by atoms with Gasteiger partial charge in [0.2, 0.25) is 0 Å².